The predicted octanol–water partition coefficient (Wildman–Crippen LogP) is 5.40. The molecular weight excluding hydrogens is 448 g/mol. The fourth-order valence-electron chi connectivity index (χ4n) is 3.95. The summed E-state index contributed by atoms with van der Waals surface area (Å²) in [5, 5.41) is 3.05. The monoisotopic (exact) mass is 486 g/mol. The largest absolute Gasteiger partial charge is 0.483 e. The van der Waals surface area contributed by atoms with Gasteiger partial charge in [0.15, 0.2) is 6.61 Å². The zero-order chi connectivity index (χ0) is 26.1. The molecule has 3 aromatic rings. The van der Waals surface area contributed by atoms with Gasteiger partial charge in [-0.1, -0.05) is 86.1 Å². The van der Waals surface area contributed by atoms with Crippen LogP contribution in [0.4, 0.5) is 0 Å². The Bertz CT molecular complexity index is 1140. The highest BCUT2D eigenvalue weighted by Crippen LogP contribution is 2.20. The molecule has 1 N–H and O–H groups in total. The number of aryl methyl sites for hydroxylation is 3. The number of ether oxygens (including phenoxy) is 1. The molecule has 0 spiro atoms. The summed E-state index contributed by atoms with van der Waals surface area (Å²) in [4.78, 5) is 28.8. The van der Waals surface area contributed by atoms with Crippen molar-refractivity contribution in [1.82, 2.24) is 10.2 Å². The summed E-state index contributed by atoms with van der Waals surface area (Å²) in [6.45, 7) is 10.8. The van der Waals surface area contributed by atoms with E-state index in [0.29, 0.717) is 31.2 Å². The summed E-state index contributed by atoms with van der Waals surface area (Å²) in [5.41, 5.74) is 5.14. The molecule has 2 amide bonds. The number of benzene rings is 3. The van der Waals surface area contributed by atoms with Crippen LogP contribution >= 0.6 is 0 Å². The highest BCUT2D eigenvalue weighted by molar-refractivity contribution is 5.88. The lowest BCUT2D eigenvalue weighted by Crippen LogP contribution is -2.52. The Labute approximate surface area is 215 Å². The molecule has 190 valence electrons. The molecule has 0 saturated heterocycles. The maximum Gasteiger partial charge on any atom is 0.261 e. The summed E-state index contributed by atoms with van der Waals surface area (Å²) in [6.07, 6.45) is 0.422. The lowest BCUT2D eigenvalue weighted by atomic mass is 10.0. The minimum Gasteiger partial charge on any atom is -0.483 e. The molecule has 0 aliphatic heterocycles. The number of hydrogen-bond acceptors (Lipinski definition) is 3. The molecule has 0 saturated carbocycles. The van der Waals surface area contributed by atoms with Crippen LogP contribution in [-0.2, 0) is 22.6 Å². The van der Waals surface area contributed by atoms with Crippen molar-refractivity contribution in [3.05, 3.63) is 101 Å². The summed E-state index contributed by atoms with van der Waals surface area (Å²) < 4.78 is 5.97. The first-order valence-electron chi connectivity index (χ1n) is 12.6. The van der Waals surface area contributed by atoms with Crippen LogP contribution < -0.4 is 10.1 Å². The molecule has 0 heterocycles. The van der Waals surface area contributed by atoms with Crippen molar-refractivity contribution in [1.29, 1.82) is 0 Å². The van der Waals surface area contributed by atoms with Crippen molar-refractivity contribution in [3.63, 3.8) is 0 Å². The van der Waals surface area contributed by atoms with E-state index in [1.807, 2.05) is 93.6 Å². The minimum absolute atomic E-state index is 0.140. The summed E-state index contributed by atoms with van der Waals surface area (Å²) in [7, 11) is 0. The van der Waals surface area contributed by atoms with E-state index in [-0.39, 0.29) is 18.4 Å². The van der Waals surface area contributed by atoms with Crippen molar-refractivity contribution in [2.75, 3.05) is 13.2 Å². The Balaban J connectivity index is 1.91. The Kier molecular flexibility index (Phi) is 9.69. The van der Waals surface area contributed by atoms with Gasteiger partial charge < -0.3 is 15.0 Å². The van der Waals surface area contributed by atoms with Crippen LogP contribution in [0.15, 0.2) is 72.8 Å². The summed E-state index contributed by atoms with van der Waals surface area (Å²) in [5.74, 6) is 0.611. The van der Waals surface area contributed by atoms with Gasteiger partial charge in [0.1, 0.15) is 11.8 Å². The third kappa shape index (κ3) is 7.98. The maximum absolute atomic E-state index is 13.7. The quantitative estimate of drug-likeness (QED) is 0.395. The number of rotatable bonds is 11. The van der Waals surface area contributed by atoms with Crippen LogP contribution in [0, 0.1) is 26.7 Å². The molecule has 3 aromatic carbocycles. The Morgan fingerprint density at radius 3 is 2.19 bits per heavy atom. The molecule has 3 rings (SSSR count). The van der Waals surface area contributed by atoms with Crippen LogP contribution in [-0.4, -0.2) is 35.9 Å². The normalized spacial score (nSPS) is 11.7. The smallest absolute Gasteiger partial charge is 0.261 e. The van der Waals surface area contributed by atoms with E-state index in [9.17, 15) is 9.59 Å². The van der Waals surface area contributed by atoms with Crippen molar-refractivity contribution in [2.45, 2.75) is 53.6 Å². The van der Waals surface area contributed by atoms with E-state index >= 15 is 0 Å². The van der Waals surface area contributed by atoms with Gasteiger partial charge in [-0.2, -0.15) is 0 Å². The van der Waals surface area contributed by atoms with Gasteiger partial charge in [0.2, 0.25) is 5.91 Å². The van der Waals surface area contributed by atoms with Crippen LogP contribution in [0.25, 0.3) is 0 Å². The lowest BCUT2D eigenvalue weighted by molar-refractivity contribution is -0.142. The molecule has 0 aliphatic carbocycles. The first-order valence-corrected chi connectivity index (χ1v) is 12.6. The first kappa shape index (κ1) is 27.0. The van der Waals surface area contributed by atoms with Crippen LogP contribution in [0.5, 0.6) is 5.75 Å². The van der Waals surface area contributed by atoms with E-state index in [4.69, 9.17) is 4.74 Å². The van der Waals surface area contributed by atoms with Crippen molar-refractivity contribution in [3.8, 4) is 5.75 Å². The Morgan fingerprint density at radius 1 is 0.861 bits per heavy atom. The third-order valence-electron chi connectivity index (χ3n) is 6.12. The number of hydrogen-bond donors (Lipinski definition) is 1. The third-order valence-corrected chi connectivity index (χ3v) is 6.12. The lowest BCUT2D eigenvalue weighted by Gasteiger charge is -2.32. The van der Waals surface area contributed by atoms with Gasteiger partial charge in [0, 0.05) is 19.5 Å². The second-order valence-corrected chi connectivity index (χ2v) is 9.91. The standard InChI is InChI=1S/C31H38N2O3/c1-22(2)19-32-31(35)28(18-26-9-7-6-8-10-26)33(20-27-15-12-23(3)13-16-27)30(34)21-36-29-17-24(4)11-14-25(29)5/h6-17,22,28H,18-21H2,1-5H3,(H,32,35)/t28-/m1/s1. The molecule has 0 radical (unpaired) electrons. The fraction of sp³-hybridized carbons (Fsp3) is 0.355. The van der Waals surface area contributed by atoms with Gasteiger partial charge >= 0.3 is 0 Å². The molecule has 36 heavy (non-hydrogen) atoms. The highest BCUT2D eigenvalue weighted by Gasteiger charge is 2.30. The van der Waals surface area contributed by atoms with Crippen LogP contribution in [0.1, 0.15) is 41.7 Å². The number of nitrogens with zero attached hydrogens (tertiary/aromatic N) is 1. The van der Waals surface area contributed by atoms with E-state index in [1.165, 1.54) is 0 Å². The van der Waals surface area contributed by atoms with Crippen LogP contribution in [0.3, 0.4) is 0 Å². The van der Waals surface area contributed by atoms with Crippen molar-refractivity contribution in [2.24, 2.45) is 5.92 Å². The average Bonchev–Trinajstić information content (AvgIpc) is 2.86. The zero-order valence-electron chi connectivity index (χ0n) is 22.1. The molecule has 5 heteroatoms. The Hall–Kier alpha value is -3.60. The van der Waals surface area contributed by atoms with Crippen LogP contribution in [0.2, 0.25) is 0 Å². The van der Waals surface area contributed by atoms with Gasteiger partial charge in [-0.25, -0.2) is 0 Å². The summed E-state index contributed by atoms with van der Waals surface area (Å²) in [6, 6.07) is 23.2. The number of carbonyl (C=O) groups excluding carboxylic acids is 2. The first-order chi connectivity index (χ1) is 17.2. The number of carbonyl (C=O) groups is 2. The second-order valence-electron chi connectivity index (χ2n) is 9.91. The Morgan fingerprint density at radius 2 is 1.53 bits per heavy atom. The second kappa shape index (κ2) is 12.9. The van der Waals surface area contributed by atoms with E-state index in [2.05, 4.69) is 19.2 Å². The summed E-state index contributed by atoms with van der Waals surface area (Å²) >= 11 is 0. The highest BCUT2D eigenvalue weighted by atomic mass is 16.5. The topological polar surface area (TPSA) is 58.6 Å². The molecule has 0 aliphatic rings. The van der Waals surface area contributed by atoms with E-state index in [1.54, 1.807) is 4.90 Å². The van der Waals surface area contributed by atoms with E-state index in [0.717, 1.165) is 27.8 Å². The number of nitrogens with one attached hydrogen (secondary N) is 1. The van der Waals surface area contributed by atoms with Gasteiger partial charge in [0.05, 0.1) is 0 Å². The molecule has 0 bridgehead atoms. The van der Waals surface area contributed by atoms with Crippen molar-refractivity contribution < 1.29 is 14.3 Å². The van der Waals surface area contributed by atoms with Gasteiger partial charge in [-0.3, -0.25) is 9.59 Å². The predicted molar refractivity (Wildman–Crippen MR) is 145 cm³/mol. The van der Waals surface area contributed by atoms with Gasteiger partial charge in [0.25, 0.3) is 5.91 Å². The van der Waals surface area contributed by atoms with Crippen molar-refractivity contribution >= 4 is 11.8 Å². The molecule has 0 fully saturated rings. The SMILES string of the molecule is Cc1ccc(CN(C(=O)COc2cc(C)ccc2C)[C@H](Cc2ccccc2)C(=O)NCC(C)C)cc1. The minimum atomic E-state index is -0.665. The van der Waals surface area contributed by atoms with E-state index < -0.39 is 6.04 Å². The van der Waals surface area contributed by atoms with Gasteiger partial charge in [-0.15, -0.1) is 0 Å². The number of amides is 2. The average molecular weight is 487 g/mol. The molecule has 0 unspecified atom stereocenters. The maximum atomic E-state index is 13.7. The molecule has 0 aromatic heterocycles. The fourth-order valence-corrected chi connectivity index (χ4v) is 3.95. The molecule has 5 nitrogen and oxygen atoms in total. The molecular formula is C31H38N2O3. The zero-order valence-corrected chi connectivity index (χ0v) is 22.1. The molecule has 1 atom stereocenters. The van der Waals surface area contributed by atoms with Gasteiger partial charge in [-0.05, 0) is 55.0 Å².